The highest BCUT2D eigenvalue weighted by molar-refractivity contribution is 5.30. The first kappa shape index (κ1) is 10.1. The lowest BCUT2D eigenvalue weighted by Gasteiger charge is -2.20. The van der Waals surface area contributed by atoms with Gasteiger partial charge in [-0.25, -0.2) is 0 Å². The highest BCUT2D eigenvalue weighted by Gasteiger charge is 2.19. The van der Waals surface area contributed by atoms with Crippen molar-refractivity contribution in [2.75, 3.05) is 18.1 Å². The van der Waals surface area contributed by atoms with Crippen molar-refractivity contribution in [3.63, 3.8) is 0 Å². The van der Waals surface area contributed by atoms with E-state index in [-0.39, 0.29) is 0 Å². The molecule has 15 heavy (non-hydrogen) atoms. The monoisotopic (exact) mass is 207 g/mol. The third kappa shape index (κ3) is 2.34. The molecule has 0 spiro atoms. The molecule has 1 aromatic rings. The quantitative estimate of drug-likeness (QED) is 0.769. The number of hydrogen-bond donors (Lipinski definition) is 2. The van der Waals surface area contributed by atoms with Crippen LogP contribution in [0.4, 0.5) is 11.9 Å². The summed E-state index contributed by atoms with van der Waals surface area (Å²) < 4.78 is 0. The molecule has 0 radical (unpaired) electrons. The van der Waals surface area contributed by atoms with Crippen molar-refractivity contribution >= 4 is 11.9 Å². The molecule has 0 aromatic carbocycles. The molecule has 1 fully saturated rings. The first-order chi connectivity index (χ1) is 7.29. The number of nitrogen functional groups attached to an aromatic ring is 1. The molecule has 0 saturated heterocycles. The van der Waals surface area contributed by atoms with Gasteiger partial charge >= 0.3 is 0 Å². The van der Waals surface area contributed by atoms with Crippen molar-refractivity contribution in [1.29, 1.82) is 0 Å². The summed E-state index contributed by atoms with van der Waals surface area (Å²) in [6.45, 7) is 0. The molecule has 1 saturated carbocycles. The summed E-state index contributed by atoms with van der Waals surface area (Å²) >= 11 is 0. The second kappa shape index (κ2) is 4.42. The standard InChI is InChI=1S/C10H17N5/c1-12-10-14-8(13-9(11)15-10)7-5-3-2-4-6-7/h7H,2-6H2,1H3,(H3,11,12,13,14,15). The Labute approximate surface area is 89.5 Å². The minimum Gasteiger partial charge on any atom is -0.368 e. The van der Waals surface area contributed by atoms with E-state index in [1.54, 1.807) is 7.05 Å². The van der Waals surface area contributed by atoms with Crippen LogP contribution in [0.3, 0.4) is 0 Å². The van der Waals surface area contributed by atoms with Crippen molar-refractivity contribution in [1.82, 2.24) is 15.0 Å². The molecule has 2 rings (SSSR count). The van der Waals surface area contributed by atoms with E-state index in [0.717, 1.165) is 5.82 Å². The van der Waals surface area contributed by atoms with Gasteiger partial charge in [-0.2, -0.15) is 15.0 Å². The van der Waals surface area contributed by atoms with E-state index in [9.17, 15) is 0 Å². The van der Waals surface area contributed by atoms with E-state index in [0.29, 0.717) is 17.8 Å². The number of anilines is 2. The van der Waals surface area contributed by atoms with Crippen LogP contribution in [0.15, 0.2) is 0 Å². The van der Waals surface area contributed by atoms with Crippen molar-refractivity contribution < 1.29 is 0 Å². The summed E-state index contributed by atoms with van der Waals surface area (Å²) in [5.41, 5.74) is 5.64. The second-order valence-electron chi connectivity index (χ2n) is 3.96. The van der Waals surface area contributed by atoms with Crippen molar-refractivity contribution in [2.45, 2.75) is 38.0 Å². The summed E-state index contributed by atoms with van der Waals surface area (Å²) in [6.07, 6.45) is 6.21. The van der Waals surface area contributed by atoms with E-state index in [2.05, 4.69) is 20.3 Å². The van der Waals surface area contributed by atoms with Gasteiger partial charge in [0.15, 0.2) is 0 Å². The summed E-state index contributed by atoms with van der Waals surface area (Å²) in [4.78, 5) is 12.6. The molecule has 1 aromatic heterocycles. The Morgan fingerprint density at radius 1 is 1.13 bits per heavy atom. The normalized spacial score (nSPS) is 17.7. The van der Waals surface area contributed by atoms with Gasteiger partial charge in [0.05, 0.1) is 0 Å². The van der Waals surface area contributed by atoms with E-state index in [4.69, 9.17) is 5.73 Å². The molecule has 0 bridgehead atoms. The molecular formula is C10H17N5. The highest BCUT2D eigenvalue weighted by atomic mass is 15.2. The maximum absolute atomic E-state index is 5.64. The lowest BCUT2D eigenvalue weighted by Crippen LogP contribution is -2.13. The lowest BCUT2D eigenvalue weighted by molar-refractivity contribution is 0.428. The van der Waals surface area contributed by atoms with Gasteiger partial charge in [0.25, 0.3) is 0 Å². The number of hydrogen-bond acceptors (Lipinski definition) is 5. The maximum Gasteiger partial charge on any atom is 0.227 e. The van der Waals surface area contributed by atoms with Crippen LogP contribution >= 0.6 is 0 Å². The van der Waals surface area contributed by atoms with Crippen LogP contribution in [0.1, 0.15) is 43.8 Å². The van der Waals surface area contributed by atoms with Crippen molar-refractivity contribution in [3.8, 4) is 0 Å². The van der Waals surface area contributed by atoms with E-state index >= 15 is 0 Å². The Hall–Kier alpha value is -1.39. The number of aromatic nitrogens is 3. The van der Waals surface area contributed by atoms with Gasteiger partial charge in [-0.15, -0.1) is 0 Å². The van der Waals surface area contributed by atoms with Crippen LogP contribution in [0, 0.1) is 0 Å². The van der Waals surface area contributed by atoms with Gasteiger partial charge in [0.2, 0.25) is 11.9 Å². The van der Waals surface area contributed by atoms with Crippen LogP contribution in [-0.2, 0) is 0 Å². The third-order valence-corrected chi connectivity index (χ3v) is 2.86. The average molecular weight is 207 g/mol. The fourth-order valence-electron chi connectivity index (χ4n) is 2.06. The van der Waals surface area contributed by atoms with Gasteiger partial charge in [0, 0.05) is 13.0 Å². The minimum absolute atomic E-state index is 0.315. The van der Waals surface area contributed by atoms with Crippen molar-refractivity contribution in [2.24, 2.45) is 0 Å². The molecule has 5 heteroatoms. The largest absolute Gasteiger partial charge is 0.368 e. The predicted molar refractivity (Wildman–Crippen MR) is 59.6 cm³/mol. The van der Waals surface area contributed by atoms with Crippen LogP contribution in [0.25, 0.3) is 0 Å². The number of nitrogens with two attached hydrogens (primary N) is 1. The van der Waals surface area contributed by atoms with Gasteiger partial charge in [-0.05, 0) is 12.8 Å². The molecule has 0 unspecified atom stereocenters. The minimum atomic E-state index is 0.315. The number of rotatable bonds is 2. The fraction of sp³-hybridized carbons (Fsp3) is 0.700. The summed E-state index contributed by atoms with van der Waals surface area (Å²) in [5.74, 6) is 2.21. The number of nitrogens with one attached hydrogen (secondary N) is 1. The molecule has 0 amide bonds. The van der Waals surface area contributed by atoms with Crippen LogP contribution in [0.5, 0.6) is 0 Å². The first-order valence-corrected chi connectivity index (χ1v) is 5.49. The van der Waals surface area contributed by atoms with Crippen molar-refractivity contribution in [3.05, 3.63) is 5.82 Å². The highest BCUT2D eigenvalue weighted by Crippen LogP contribution is 2.30. The summed E-state index contributed by atoms with van der Waals surface area (Å²) in [5, 5.41) is 2.91. The first-order valence-electron chi connectivity index (χ1n) is 5.49. The summed E-state index contributed by atoms with van der Waals surface area (Å²) in [7, 11) is 1.79. The Morgan fingerprint density at radius 2 is 1.87 bits per heavy atom. The maximum atomic E-state index is 5.64. The second-order valence-corrected chi connectivity index (χ2v) is 3.96. The Morgan fingerprint density at radius 3 is 2.53 bits per heavy atom. The zero-order valence-electron chi connectivity index (χ0n) is 9.03. The van der Waals surface area contributed by atoms with Gasteiger partial charge < -0.3 is 11.1 Å². The van der Waals surface area contributed by atoms with E-state index in [1.165, 1.54) is 32.1 Å². The fourth-order valence-corrected chi connectivity index (χ4v) is 2.06. The lowest BCUT2D eigenvalue weighted by atomic mass is 9.89. The zero-order valence-corrected chi connectivity index (χ0v) is 9.03. The topological polar surface area (TPSA) is 76.7 Å². The molecule has 5 nitrogen and oxygen atoms in total. The number of nitrogens with zero attached hydrogens (tertiary/aromatic N) is 3. The van der Waals surface area contributed by atoms with E-state index < -0.39 is 0 Å². The SMILES string of the molecule is CNc1nc(N)nc(C2CCCCC2)n1. The molecule has 3 N–H and O–H groups in total. The van der Waals surface area contributed by atoms with Crippen LogP contribution < -0.4 is 11.1 Å². The van der Waals surface area contributed by atoms with Crippen LogP contribution in [-0.4, -0.2) is 22.0 Å². The van der Waals surface area contributed by atoms with Crippen LogP contribution in [0.2, 0.25) is 0 Å². The van der Waals surface area contributed by atoms with Gasteiger partial charge in [-0.3, -0.25) is 0 Å². The smallest absolute Gasteiger partial charge is 0.227 e. The predicted octanol–water partition coefficient (Wildman–Crippen LogP) is 1.54. The average Bonchev–Trinajstić information content (AvgIpc) is 2.29. The Balaban J connectivity index is 2.22. The summed E-state index contributed by atoms with van der Waals surface area (Å²) in [6, 6.07) is 0. The molecular weight excluding hydrogens is 190 g/mol. The molecule has 1 aliphatic rings. The zero-order chi connectivity index (χ0) is 10.7. The third-order valence-electron chi connectivity index (χ3n) is 2.86. The Kier molecular flexibility index (Phi) is 2.99. The van der Waals surface area contributed by atoms with Gasteiger partial charge in [-0.1, -0.05) is 19.3 Å². The van der Waals surface area contributed by atoms with Gasteiger partial charge in [0.1, 0.15) is 5.82 Å². The molecule has 82 valence electrons. The molecule has 0 atom stereocenters. The molecule has 0 aliphatic heterocycles. The molecule has 1 aliphatic carbocycles. The Bertz CT molecular complexity index is 333. The molecule has 1 heterocycles. The van der Waals surface area contributed by atoms with E-state index in [1.807, 2.05) is 0 Å².